The van der Waals surface area contributed by atoms with Gasteiger partial charge in [-0.25, -0.2) is 0 Å². The maximum Gasteiger partial charge on any atom is 0.147 e. The smallest absolute Gasteiger partial charge is 0.147 e. The summed E-state index contributed by atoms with van der Waals surface area (Å²) < 4.78 is 12.9. The van der Waals surface area contributed by atoms with Crippen LogP contribution in [0.3, 0.4) is 0 Å². The van der Waals surface area contributed by atoms with Crippen molar-refractivity contribution < 1.29 is 8.83 Å². The van der Waals surface area contributed by atoms with Gasteiger partial charge in [-0.15, -0.1) is 0 Å². The molecule has 0 bridgehead atoms. The largest absolute Gasteiger partial charge is 0.456 e. The lowest BCUT2D eigenvalue weighted by molar-refractivity contribution is 0.660. The third kappa shape index (κ3) is 3.88. The van der Waals surface area contributed by atoms with Crippen LogP contribution < -0.4 is 4.90 Å². The number of fused-ring (bicyclic) bond motifs is 10. The summed E-state index contributed by atoms with van der Waals surface area (Å²) in [7, 11) is 0. The van der Waals surface area contributed by atoms with Gasteiger partial charge in [-0.05, 0) is 94.0 Å². The molecule has 2 aromatic heterocycles. The van der Waals surface area contributed by atoms with Gasteiger partial charge >= 0.3 is 0 Å². The molecule has 0 unspecified atom stereocenters. The van der Waals surface area contributed by atoms with Gasteiger partial charge in [0.15, 0.2) is 0 Å². The molecule has 0 saturated carbocycles. The molecule has 0 saturated heterocycles. The first-order chi connectivity index (χ1) is 23.5. The molecule has 9 aromatic rings. The van der Waals surface area contributed by atoms with Crippen LogP contribution in [0.4, 0.5) is 17.1 Å². The summed E-state index contributed by atoms with van der Waals surface area (Å²) in [6, 6.07) is 54.1. The van der Waals surface area contributed by atoms with Crippen LogP contribution in [-0.4, -0.2) is 0 Å². The zero-order valence-corrected chi connectivity index (χ0v) is 26.7. The first kappa shape index (κ1) is 27.1. The van der Waals surface area contributed by atoms with E-state index in [1.165, 1.54) is 33.4 Å². The van der Waals surface area contributed by atoms with E-state index < -0.39 is 0 Å². The molecule has 3 nitrogen and oxygen atoms in total. The van der Waals surface area contributed by atoms with Gasteiger partial charge < -0.3 is 13.7 Å². The SMILES string of the molecule is CC1(C)c2ccccc2-c2ccc(N(c3ccc(-c4ccccc4)cc3)c3ccc4oc5ccc6c7ccccc7oc6c5c4c3)cc21. The topological polar surface area (TPSA) is 29.5 Å². The standard InChI is InChI=1S/C45H31NO2/c1-45(2)38-14-8-6-12-33(38)34-22-20-32(27-39(34)45)46(30-18-16-29(17-19-30)28-10-4-3-5-11-28)31-21-24-41-37(26-31)43-42(47-41)25-23-36-35-13-7-9-15-40(35)48-44(36)43/h3-27H,1-2H3. The highest BCUT2D eigenvalue weighted by Crippen LogP contribution is 2.51. The van der Waals surface area contributed by atoms with Crippen molar-refractivity contribution in [3.63, 3.8) is 0 Å². The van der Waals surface area contributed by atoms with Crippen molar-refractivity contribution in [2.75, 3.05) is 4.90 Å². The summed E-state index contributed by atoms with van der Waals surface area (Å²) in [4.78, 5) is 2.37. The van der Waals surface area contributed by atoms with E-state index in [4.69, 9.17) is 8.83 Å². The van der Waals surface area contributed by atoms with Gasteiger partial charge in [0.05, 0.1) is 5.39 Å². The van der Waals surface area contributed by atoms with E-state index >= 15 is 0 Å². The zero-order valence-electron chi connectivity index (χ0n) is 26.7. The predicted octanol–water partition coefficient (Wildman–Crippen LogP) is 12.9. The van der Waals surface area contributed by atoms with Gasteiger partial charge in [-0.1, -0.05) is 105 Å². The van der Waals surface area contributed by atoms with Crippen molar-refractivity contribution in [3.05, 3.63) is 163 Å². The van der Waals surface area contributed by atoms with Crippen molar-refractivity contribution in [2.24, 2.45) is 0 Å². The molecule has 0 aliphatic heterocycles. The lowest BCUT2D eigenvalue weighted by atomic mass is 9.82. The van der Waals surface area contributed by atoms with E-state index in [1.807, 2.05) is 12.1 Å². The quantitative estimate of drug-likeness (QED) is 0.197. The molecule has 0 atom stereocenters. The van der Waals surface area contributed by atoms with Gasteiger partial charge in [0.2, 0.25) is 0 Å². The van der Waals surface area contributed by atoms with E-state index in [1.54, 1.807) is 0 Å². The average Bonchev–Trinajstić information content (AvgIpc) is 3.77. The van der Waals surface area contributed by atoms with E-state index in [9.17, 15) is 0 Å². The number of benzene rings is 7. The number of hydrogen-bond donors (Lipinski definition) is 0. The van der Waals surface area contributed by atoms with Gasteiger partial charge in [-0.2, -0.15) is 0 Å². The molecule has 0 fully saturated rings. The maximum atomic E-state index is 6.49. The molecule has 0 N–H and O–H groups in total. The molecule has 7 aromatic carbocycles. The molecule has 3 heteroatoms. The minimum atomic E-state index is -0.109. The number of para-hydroxylation sites is 1. The van der Waals surface area contributed by atoms with Crippen LogP contribution in [0.15, 0.2) is 160 Å². The van der Waals surface area contributed by atoms with Gasteiger partial charge in [-0.3, -0.25) is 0 Å². The second-order valence-corrected chi connectivity index (χ2v) is 13.3. The fraction of sp³-hybridized carbons (Fsp3) is 0.0667. The minimum absolute atomic E-state index is 0.109. The number of anilines is 3. The summed E-state index contributed by atoms with van der Waals surface area (Å²) in [6.07, 6.45) is 0. The second-order valence-electron chi connectivity index (χ2n) is 13.3. The highest BCUT2D eigenvalue weighted by atomic mass is 16.3. The van der Waals surface area contributed by atoms with Crippen LogP contribution in [0.1, 0.15) is 25.0 Å². The molecule has 0 amide bonds. The van der Waals surface area contributed by atoms with Crippen LogP contribution >= 0.6 is 0 Å². The Morgan fingerprint density at radius 2 is 1.08 bits per heavy atom. The van der Waals surface area contributed by atoms with Crippen LogP contribution in [0.5, 0.6) is 0 Å². The zero-order chi connectivity index (χ0) is 32.0. The van der Waals surface area contributed by atoms with Crippen molar-refractivity contribution in [2.45, 2.75) is 19.3 Å². The maximum absolute atomic E-state index is 6.49. The molecule has 0 spiro atoms. The summed E-state index contributed by atoms with van der Waals surface area (Å²) in [5.41, 5.74) is 14.3. The molecule has 1 aliphatic carbocycles. The Kier molecular flexibility index (Phi) is 5.63. The number of nitrogens with zero attached hydrogens (tertiary/aromatic N) is 1. The molecular formula is C45H31NO2. The van der Waals surface area contributed by atoms with E-state index in [2.05, 4.69) is 158 Å². The third-order valence-electron chi connectivity index (χ3n) is 10.3. The average molecular weight is 618 g/mol. The Morgan fingerprint density at radius 3 is 1.96 bits per heavy atom. The molecule has 48 heavy (non-hydrogen) atoms. The summed E-state index contributed by atoms with van der Waals surface area (Å²) >= 11 is 0. The molecule has 1 aliphatic rings. The summed E-state index contributed by atoms with van der Waals surface area (Å²) in [5, 5.41) is 4.25. The highest BCUT2D eigenvalue weighted by Gasteiger charge is 2.35. The van der Waals surface area contributed by atoms with E-state index in [-0.39, 0.29) is 5.41 Å². The van der Waals surface area contributed by atoms with Crippen LogP contribution in [-0.2, 0) is 5.41 Å². The number of hydrogen-bond acceptors (Lipinski definition) is 3. The van der Waals surface area contributed by atoms with E-state index in [0.29, 0.717) is 0 Å². The number of rotatable bonds is 4. The first-order valence-corrected chi connectivity index (χ1v) is 16.5. The second kappa shape index (κ2) is 9.97. The lowest BCUT2D eigenvalue weighted by Crippen LogP contribution is -2.16. The highest BCUT2D eigenvalue weighted by molar-refractivity contribution is 6.22. The Labute approximate surface area is 278 Å². The summed E-state index contributed by atoms with van der Waals surface area (Å²) in [6.45, 7) is 4.67. The van der Waals surface area contributed by atoms with Crippen molar-refractivity contribution in [1.29, 1.82) is 0 Å². The first-order valence-electron chi connectivity index (χ1n) is 16.5. The molecular weight excluding hydrogens is 587 g/mol. The van der Waals surface area contributed by atoms with Gasteiger partial charge in [0.1, 0.15) is 22.3 Å². The molecule has 10 rings (SSSR count). The summed E-state index contributed by atoms with van der Waals surface area (Å²) in [5.74, 6) is 0. The van der Waals surface area contributed by atoms with Gasteiger partial charge in [0.25, 0.3) is 0 Å². The fourth-order valence-corrected chi connectivity index (χ4v) is 7.88. The van der Waals surface area contributed by atoms with Gasteiger partial charge in [0, 0.05) is 38.6 Å². The third-order valence-corrected chi connectivity index (χ3v) is 10.3. The van der Waals surface area contributed by atoms with Crippen LogP contribution in [0.2, 0.25) is 0 Å². The Morgan fingerprint density at radius 1 is 0.438 bits per heavy atom. The van der Waals surface area contributed by atoms with Crippen molar-refractivity contribution >= 4 is 60.9 Å². The fourth-order valence-electron chi connectivity index (χ4n) is 7.88. The Balaban J connectivity index is 1.19. The normalized spacial score (nSPS) is 13.4. The van der Waals surface area contributed by atoms with Crippen LogP contribution in [0.25, 0.3) is 66.1 Å². The molecule has 228 valence electrons. The molecule has 2 heterocycles. The number of furan rings is 2. The van der Waals surface area contributed by atoms with Crippen molar-refractivity contribution in [3.8, 4) is 22.3 Å². The monoisotopic (exact) mass is 617 g/mol. The van der Waals surface area contributed by atoms with E-state index in [0.717, 1.165) is 60.9 Å². The minimum Gasteiger partial charge on any atom is -0.456 e. The van der Waals surface area contributed by atoms with Crippen molar-refractivity contribution in [1.82, 2.24) is 0 Å². The van der Waals surface area contributed by atoms with Crippen LogP contribution in [0, 0.1) is 0 Å². The lowest BCUT2D eigenvalue weighted by Gasteiger charge is -2.28. The molecule has 0 radical (unpaired) electrons. The Hall–Kier alpha value is -6.06. The predicted molar refractivity (Wildman–Crippen MR) is 199 cm³/mol. The Bertz CT molecular complexity index is 2690.